The highest BCUT2D eigenvalue weighted by Gasteiger charge is 2.21. The average Bonchev–Trinajstić information content (AvgIpc) is 3.00. The van der Waals surface area contributed by atoms with E-state index in [0.717, 1.165) is 28.8 Å². The highest BCUT2D eigenvalue weighted by molar-refractivity contribution is 7.15. The van der Waals surface area contributed by atoms with E-state index in [1.807, 2.05) is 11.8 Å². The summed E-state index contributed by atoms with van der Waals surface area (Å²) in [5, 5.41) is 11.2. The molecule has 0 saturated carbocycles. The number of piperazine rings is 1. The monoisotopic (exact) mass is 382 g/mol. The predicted octanol–water partition coefficient (Wildman–Crippen LogP) is 3.52. The van der Waals surface area contributed by atoms with Gasteiger partial charge in [-0.3, -0.25) is 4.79 Å². The van der Waals surface area contributed by atoms with Crippen LogP contribution in [0.15, 0.2) is 24.3 Å². The van der Waals surface area contributed by atoms with Gasteiger partial charge in [-0.25, -0.2) is 0 Å². The molecule has 126 valence electrons. The van der Waals surface area contributed by atoms with Gasteiger partial charge in [-0.05, 0) is 30.7 Å². The Labute approximate surface area is 154 Å². The number of aryl methyl sites for hydroxylation is 1. The summed E-state index contributed by atoms with van der Waals surface area (Å²) in [6, 6.07) is 5.21. The maximum absolute atomic E-state index is 12.3. The van der Waals surface area contributed by atoms with E-state index < -0.39 is 0 Å². The molecule has 2 heterocycles. The van der Waals surface area contributed by atoms with Crippen molar-refractivity contribution < 1.29 is 4.79 Å². The van der Waals surface area contributed by atoms with Crippen LogP contribution in [0.5, 0.6) is 0 Å². The third-order valence-electron chi connectivity index (χ3n) is 3.75. The largest absolute Gasteiger partial charge is 0.343 e. The zero-order valence-electron chi connectivity index (χ0n) is 13.1. The number of benzene rings is 1. The summed E-state index contributed by atoms with van der Waals surface area (Å²) < 4.78 is 0. The minimum atomic E-state index is -0.0193. The van der Waals surface area contributed by atoms with Crippen LogP contribution in [0.3, 0.4) is 0 Å². The fourth-order valence-corrected chi connectivity index (χ4v) is 3.65. The number of nitrogens with zero attached hydrogens (tertiary/aromatic N) is 4. The number of carbonyl (C=O) groups excluding carboxylic acids is 1. The van der Waals surface area contributed by atoms with Crippen molar-refractivity contribution in [1.29, 1.82) is 0 Å². The number of hydrogen-bond donors (Lipinski definition) is 0. The quantitative estimate of drug-likeness (QED) is 0.762. The smallest absolute Gasteiger partial charge is 0.246 e. The van der Waals surface area contributed by atoms with Gasteiger partial charge < -0.3 is 9.80 Å². The maximum Gasteiger partial charge on any atom is 0.246 e. The van der Waals surface area contributed by atoms with Gasteiger partial charge in [0.05, 0.1) is 0 Å². The molecule has 1 aromatic carbocycles. The molecule has 0 radical (unpaired) electrons. The Morgan fingerprint density at radius 3 is 2.58 bits per heavy atom. The highest BCUT2D eigenvalue weighted by Crippen LogP contribution is 2.23. The van der Waals surface area contributed by atoms with E-state index in [1.165, 1.54) is 0 Å². The fraction of sp³-hybridized carbons (Fsp3) is 0.312. The first-order valence-corrected chi connectivity index (χ1v) is 9.07. The SMILES string of the molecule is Cc1nnc(N2CCN(C(=O)/C=C/c3ccc(Cl)cc3Cl)CC2)s1. The van der Waals surface area contributed by atoms with Crippen molar-refractivity contribution in [3.8, 4) is 0 Å². The second kappa shape index (κ2) is 7.51. The molecule has 3 rings (SSSR count). The van der Waals surface area contributed by atoms with E-state index in [0.29, 0.717) is 23.1 Å². The van der Waals surface area contributed by atoms with E-state index in [-0.39, 0.29) is 5.91 Å². The lowest BCUT2D eigenvalue weighted by Gasteiger charge is -2.33. The van der Waals surface area contributed by atoms with E-state index >= 15 is 0 Å². The van der Waals surface area contributed by atoms with Crippen LogP contribution in [0.1, 0.15) is 10.6 Å². The van der Waals surface area contributed by atoms with Gasteiger partial charge in [-0.15, -0.1) is 10.2 Å². The van der Waals surface area contributed by atoms with Crippen LogP contribution in [-0.2, 0) is 4.79 Å². The molecule has 1 amide bonds. The molecule has 8 heteroatoms. The Morgan fingerprint density at radius 2 is 1.96 bits per heavy atom. The van der Waals surface area contributed by atoms with E-state index in [1.54, 1.807) is 41.7 Å². The van der Waals surface area contributed by atoms with Gasteiger partial charge in [0.25, 0.3) is 0 Å². The number of aromatic nitrogens is 2. The van der Waals surface area contributed by atoms with Gasteiger partial charge in [0.2, 0.25) is 11.0 Å². The minimum absolute atomic E-state index is 0.0193. The average molecular weight is 383 g/mol. The molecule has 1 aliphatic rings. The zero-order valence-corrected chi connectivity index (χ0v) is 15.4. The lowest BCUT2D eigenvalue weighted by molar-refractivity contribution is -0.126. The van der Waals surface area contributed by atoms with Crippen molar-refractivity contribution in [2.24, 2.45) is 0 Å². The van der Waals surface area contributed by atoms with Crippen LogP contribution in [0, 0.1) is 6.92 Å². The predicted molar refractivity (Wildman–Crippen MR) is 98.9 cm³/mol. The minimum Gasteiger partial charge on any atom is -0.343 e. The Kier molecular flexibility index (Phi) is 5.38. The van der Waals surface area contributed by atoms with Crippen molar-refractivity contribution in [2.75, 3.05) is 31.1 Å². The van der Waals surface area contributed by atoms with Gasteiger partial charge in [0.15, 0.2) is 0 Å². The third kappa shape index (κ3) is 4.06. The van der Waals surface area contributed by atoms with Gasteiger partial charge in [-0.1, -0.05) is 40.6 Å². The van der Waals surface area contributed by atoms with Crippen LogP contribution < -0.4 is 4.90 Å². The molecule has 0 spiro atoms. The summed E-state index contributed by atoms with van der Waals surface area (Å²) in [6.45, 7) is 4.78. The summed E-state index contributed by atoms with van der Waals surface area (Å²) in [4.78, 5) is 16.3. The van der Waals surface area contributed by atoms with Crippen LogP contribution in [0.4, 0.5) is 5.13 Å². The molecule has 0 aliphatic carbocycles. The first-order chi connectivity index (χ1) is 11.5. The van der Waals surface area contributed by atoms with Crippen LogP contribution in [0.2, 0.25) is 10.0 Å². The van der Waals surface area contributed by atoms with Crippen molar-refractivity contribution in [1.82, 2.24) is 15.1 Å². The molecule has 1 fully saturated rings. The first kappa shape index (κ1) is 17.2. The molecule has 1 aromatic heterocycles. The number of carbonyl (C=O) groups is 1. The summed E-state index contributed by atoms with van der Waals surface area (Å²) in [7, 11) is 0. The van der Waals surface area contributed by atoms with Crippen molar-refractivity contribution >= 4 is 51.7 Å². The lowest BCUT2D eigenvalue weighted by Crippen LogP contribution is -2.48. The standard InChI is InChI=1S/C16H16Cl2N4OS/c1-11-19-20-16(24-11)22-8-6-21(7-9-22)15(23)5-3-12-2-4-13(17)10-14(12)18/h2-5,10H,6-9H2,1H3/b5-3+. The molecular formula is C16H16Cl2N4OS. The Balaban J connectivity index is 1.58. The maximum atomic E-state index is 12.3. The lowest BCUT2D eigenvalue weighted by atomic mass is 10.2. The highest BCUT2D eigenvalue weighted by atomic mass is 35.5. The topological polar surface area (TPSA) is 49.3 Å². The molecule has 0 bridgehead atoms. The number of anilines is 1. The molecule has 1 saturated heterocycles. The van der Waals surface area contributed by atoms with Crippen molar-refractivity contribution in [2.45, 2.75) is 6.92 Å². The Hall–Kier alpha value is -1.63. The summed E-state index contributed by atoms with van der Waals surface area (Å²) >= 11 is 13.6. The van der Waals surface area contributed by atoms with E-state index in [2.05, 4.69) is 15.1 Å². The first-order valence-electron chi connectivity index (χ1n) is 7.50. The molecule has 1 aliphatic heterocycles. The van der Waals surface area contributed by atoms with Gasteiger partial charge in [0, 0.05) is 42.3 Å². The van der Waals surface area contributed by atoms with E-state index in [9.17, 15) is 4.79 Å². The van der Waals surface area contributed by atoms with Crippen molar-refractivity contribution in [3.63, 3.8) is 0 Å². The Morgan fingerprint density at radius 1 is 1.21 bits per heavy atom. The van der Waals surface area contributed by atoms with Gasteiger partial charge >= 0.3 is 0 Å². The summed E-state index contributed by atoms with van der Waals surface area (Å²) in [5.74, 6) is -0.0193. The Bertz CT molecular complexity index is 769. The second-order valence-electron chi connectivity index (χ2n) is 5.42. The van der Waals surface area contributed by atoms with Crippen LogP contribution in [0.25, 0.3) is 6.08 Å². The number of rotatable bonds is 3. The molecule has 0 unspecified atom stereocenters. The van der Waals surface area contributed by atoms with E-state index in [4.69, 9.17) is 23.2 Å². The fourth-order valence-electron chi connectivity index (χ4n) is 2.44. The molecule has 0 N–H and O–H groups in total. The molecule has 24 heavy (non-hydrogen) atoms. The van der Waals surface area contributed by atoms with Gasteiger partial charge in [0.1, 0.15) is 5.01 Å². The van der Waals surface area contributed by atoms with Gasteiger partial charge in [-0.2, -0.15) is 0 Å². The second-order valence-corrected chi connectivity index (χ2v) is 7.42. The number of amides is 1. The van der Waals surface area contributed by atoms with Crippen LogP contribution >= 0.6 is 34.5 Å². The summed E-state index contributed by atoms with van der Waals surface area (Å²) in [5.41, 5.74) is 0.775. The molecular weight excluding hydrogens is 367 g/mol. The molecule has 2 aromatic rings. The van der Waals surface area contributed by atoms with Crippen LogP contribution in [-0.4, -0.2) is 47.2 Å². The molecule has 0 atom stereocenters. The third-order valence-corrected chi connectivity index (χ3v) is 5.21. The summed E-state index contributed by atoms with van der Waals surface area (Å²) in [6.07, 6.45) is 3.28. The molecule has 5 nitrogen and oxygen atoms in total. The number of hydrogen-bond acceptors (Lipinski definition) is 5. The zero-order chi connectivity index (χ0) is 17.1. The number of halogens is 2. The normalized spacial score (nSPS) is 15.3. The van der Waals surface area contributed by atoms with Crippen molar-refractivity contribution in [3.05, 3.63) is 44.9 Å².